The molecule has 1 atom stereocenters. The molecule has 1 aromatic carbocycles. The SMILES string of the molecule is CS(=O)(=O)Nc1ccccc1CNC(=O)CCCCC1CCSS1. The zero-order valence-electron chi connectivity index (χ0n) is 13.8. The summed E-state index contributed by atoms with van der Waals surface area (Å²) in [5.74, 6) is 1.26. The van der Waals surface area contributed by atoms with Crippen molar-refractivity contribution in [2.75, 3.05) is 16.7 Å². The topological polar surface area (TPSA) is 75.3 Å². The fourth-order valence-electron chi connectivity index (χ4n) is 2.48. The van der Waals surface area contributed by atoms with Gasteiger partial charge in [0.25, 0.3) is 0 Å². The lowest BCUT2D eigenvalue weighted by atomic mass is 10.1. The highest BCUT2D eigenvalue weighted by molar-refractivity contribution is 8.77. The molecule has 5 nitrogen and oxygen atoms in total. The molecule has 0 aliphatic carbocycles. The van der Waals surface area contributed by atoms with Gasteiger partial charge in [-0.05, 0) is 30.9 Å². The van der Waals surface area contributed by atoms with Crippen molar-refractivity contribution in [2.24, 2.45) is 0 Å². The third-order valence-electron chi connectivity index (χ3n) is 3.70. The molecule has 0 radical (unpaired) electrons. The second-order valence-electron chi connectivity index (χ2n) is 5.88. The van der Waals surface area contributed by atoms with E-state index in [4.69, 9.17) is 0 Å². The Morgan fingerprint density at radius 2 is 2.08 bits per heavy atom. The second-order valence-corrected chi connectivity index (χ2v) is 10.4. The molecule has 1 aromatic rings. The molecule has 0 saturated carbocycles. The van der Waals surface area contributed by atoms with Gasteiger partial charge in [0.15, 0.2) is 0 Å². The first-order chi connectivity index (χ1) is 11.4. The van der Waals surface area contributed by atoms with Gasteiger partial charge in [0, 0.05) is 24.0 Å². The summed E-state index contributed by atoms with van der Waals surface area (Å²) < 4.78 is 25.2. The summed E-state index contributed by atoms with van der Waals surface area (Å²) in [5, 5.41) is 3.63. The van der Waals surface area contributed by atoms with Gasteiger partial charge in [0.2, 0.25) is 15.9 Å². The predicted molar refractivity (Wildman–Crippen MR) is 104 cm³/mol. The number of amides is 1. The zero-order valence-corrected chi connectivity index (χ0v) is 16.2. The van der Waals surface area contributed by atoms with Crippen molar-refractivity contribution in [2.45, 2.75) is 43.9 Å². The van der Waals surface area contributed by atoms with Crippen LogP contribution in [0.3, 0.4) is 0 Å². The number of nitrogens with one attached hydrogen (secondary N) is 2. The summed E-state index contributed by atoms with van der Waals surface area (Å²) in [7, 11) is 0.590. The third-order valence-corrected chi connectivity index (χ3v) is 7.29. The number of rotatable bonds is 9. The van der Waals surface area contributed by atoms with E-state index in [1.165, 1.54) is 18.6 Å². The van der Waals surface area contributed by atoms with E-state index in [0.29, 0.717) is 18.7 Å². The Bertz CT molecular complexity index is 644. The first-order valence-electron chi connectivity index (χ1n) is 8.05. The highest BCUT2D eigenvalue weighted by Gasteiger charge is 2.16. The summed E-state index contributed by atoms with van der Waals surface area (Å²) in [6, 6.07) is 7.09. The zero-order chi connectivity index (χ0) is 17.4. The highest BCUT2D eigenvalue weighted by Crippen LogP contribution is 2.39. The van der Waals surface area contributed by atoms with Gasteiger partial charge in [0.05, 0.1) is 11.9 Å². The van der Waals surface area contributed by atoms with E-state index < -0.39 is 10.0 Å². The van der Waals surface area contributed by atoms with Crippen molar-refractivity contribution < 1.29 is 13.2 Å². The summed E-state index contributed by atoms with van der Waals surface area (Å²) in [6.07, 6.45) is 6.09. The Balaban J connectivity index is 1.71. The third kappa shape index (κ3) is 7.36. The van der Waals surface area contributed by atoms with Crippen molar-refractivity contribution in [3.8, 4) is 0 Å². The normalized spacial score (nSPS) is 17.6. The maximum atomic E-state index is 11.9. The quantitative estimate of drug-likeness (QED) is 0.501. The summed E-state index contributed by atoms with van der Waals surface area (Å²) in [6.45, 7) is 0.326. The van der Waals surface area contributed by atoms with E-state index in [-0.39, 0.29) is 5.91 Å². The molecule has 1 unspecified atom stereocenters. The smallest absolute Gasteiger partial charge is 0.229 e. The molecule has 134 valence electrons. The Hall–Kier alpha value is -0.860. The molecule has 1 amide bonds. The van der Waals surface area contributed by atoms with Gasteiger partial charge >= 0.3 is 0 Å². The van der Waals surface area contributed by atoms with Crippen LogP contribution in [0.25, 0.3) is 0 Å². The number of sulfonamides is 1. The lowest BCUT2D eigenvalue weighted by Crippen LogP contribution is -2.23. The van der Waals surface area contributed by atoms with Gasteiger partial charge in [-0.15, -0.1) is 0 Å². The van der Waals surface area contributed by atoms with Crippen molar-refractivity contribution in [1.29, 1.82) is 0 Å². The summed E-state index contributed by atoms with van der Waals surface area (Å²) in [5.41, 5.74) is 1.27. The fraction of sp³-hybridized carbons (Fsp3) is 0.562. The van der Waals surface area contributed by atoms with Gasteiger partial charge in [-0.2, -0.15) is 0 Å². The Kier molecular flexibility index (Phi) is 7.77. The molecule has 1 heterocycles. The lowest BCUT2D eigenvalue weighted by molar-refractivity contribution is -0.121. The molecule has 24 heavy (non-hydrogen) atoms. The number of para-hydroxylation sites is 1. The van der Waals surface area contributed by atoms with Crippen LogP contribution >= 0.6 is 21.6 Å². The average molecular weight is 389 g/mol. The fourth-order valence-corrected chi connectivity index (χ4v) is 6.10. The van der Waals surface area contributed by atoms with Crippen LogP contribution in [-0.4, -0.2) is 31.6 Å². The highest BCUT2D eigenvalue weighted by atomic mass is 33.1. The van der Waals surface area contributed by atoms with Crippen molar-refractivity contribution in [3.05, 3.63) is 29.8 Å². The molecule has 2 N–H and O–H groups in total. The number of hydrogen-bond donors (Lipinski definition) is 2. The lowest BCUT2D eigenvalue weighted by Gasteiger charge is -2.12. The number of unbranched alkanes of at least 4 members (excludes halogenated alkanes) is 1. The van der Waals surface area contributed by atoms with Crippen LogP contribution in [0.5, 0.6) is 0 Å². The van der Waals surface area contributed by atoms with Gasteiger partial charge in [-0.25, -0.2) is 8.42 Å². The molecule has 1 aliphatic rings. The van der Waals surface area contributed by atoms with E-state index in [9.17, 15) is 13.2 Å². The number of benzene rings is 1. The molecule has 1 aliphatic heterocycles. The van der Waals surface area contributed by atoms with Crippen molar-refractivity contribution in [1.82, 2.24) is 5.32 Å². The van der Waals surface area contributed by atoms with Crippen LogP contribution < -0.4 is 10.0 Å². The van der Waals surface area contributed by atoms with Crippen LogP contribution in [0.15, 0.2) is 24.3 Å². The van der Waals surface area contributed by atoms with Crippen LogP contribution in [0, 0.1) is 0 Å². The first-order valence-corrected chi connectivity index (χ1v) is 12.3. The molecule has 0 aromatic heterocycles. The van der Waals surface area contributed by atoms with Gasteiger partial charge < -0.3 is 5.32 Å². The minimum Gasteiger partial charge on any atom is -0.352 e. The molecular formula is C16H24N2O3S3. The van der Waals surface area contributed by atoms with E-state index >= 15 is 0 Å². The molecule has 0 bridgehead atoms. The van der Waals surface area contributed by atoms with E-state index in [2.05, 4.69) is 10.0 Å². The van der Waals surface area contributed by atoms with E-state index in [1.807, 2.05) is 33.7 Å². The minimum absolute atomic E-state index is 0.0117. The number of carbonyl (C=O) groups excluding carboxylic acids is 1. The molecule has 0 spiro atoms. The molecular weight excluding hydrogens is 364 g/mol. The molecule has 8 heteroatoms. The Morgan fingerprint density at radius 3 is 2.79 bits per heavy atom. The molecule has 1 fully saturated rings. The predicted octanol–water partition coefficient (Wildman–Crippen LogP) is 3.39. The maximum absolute atomic E-state index is 11.9. The Morgan fingerprint density at radius 1 is 1.29 bits per heavy atom. The molecule has 1 saturated heterocycles. The van der Waals surface area contributed by atoms with Gasteiger partial charge in [0.1, 0.15) is 0 Å². The number of hydrogen-bond acceptors (Lipinski definition) is 5. The van der Waals surface area contributed by atoms with E-state index in [1.54, 1.807) is 12.1 Å². The minimum atomic E-state index is -3.33. The molecule has 2 rings (SSSR count). The van der Waals surface area contributed by atoms with Crippen molar-refractivity contribution >= 4 is 43.2 Å². The number of carbonyl (C=O) groups is 1. The van der Waals surface area contributed by atoms with Crippen LogP contribution in [0.2, 0.25) is 0 Å². The van der Waals surface area contributed by atoms with Crippen molar-refractivity contribution in [3.63, 3.8) is 0 Å². The van der Waals surface area contributed by atoms with Crippen LogP contribution in [0.4, 0.5) is 5.69 Å². The van der Waals surface area contributed by atoms with Gasteiger partial charge in [-0.3, -0.25) is 9.52 Å². The second kappa shape index (κ2) is 9.58. The van der Waals surface area contributed by atoms with Crippen LogP contribution in [-0.2, 0) is 21.4 Å². The van der Waals surface area contributed by atoms with Crippen LogP contribution in [0.1, 0.15) is 37.7 Å². The monoisotopic (exact) mass is 388 g/mol. The number of anilines is 1. The largest absolute Gasteiger partial charge is 0.352 e. The maximum Gasteiger partial charge on any atom is 0.229 e. The average Bonchev–Trinajstić information content (AvgIpc) is 3.02. The van der Waals surface area contributed by atoms with E-state index in [0.717, 1.165) is 29.9 Å². The first kappa shape index (κ1) is 19.5. The summed E-state index contributed by atoms with van der Waals surface area (Å²) in [4.78, 5) is 11.9. The summed E-state index contributed by atoms with van der Waals surface area (Å²) >= 11 is 0. The standard InChI is InChI=1S/C16H24N2O3S3/c1-24(20,21)18-15-8-4-2-6-13(15)12-17-16(19)9-5-3-7-14-10-11-22-23-14/h2,4,6,8,14,18H,3,5,7,9-12H2,1H3,(H,17,19). The Labute approximate surface area is 152 Å². The van der Waals surface area contributed by atoms with Gasteiger partial charge in [-0.1, -0.05) is 46.2 Å².